The number of aryl methyl sites for hydroxylation is 1. The second-order valence-electron chi connectivity index (χ2n) is 6.99. The number of aromatic nitrogens is 2. The standard InChI is InChI=1S/C21H34N6/c1-6-21(7-2,26-17(3)18-11-9-8-10-12-18)16-24-20(22-4)23-15-19-13-14-25-27(19)5/h8-14,17,26H,6-7,15-16H2,1-5H3,(H2,22,23,24). The first-order valence-electron chi connectivity index (χ1n) is 9.77. The van der Waals surface area contributed by atoms with Gasteiger partial charge in [-0.15, -0.1) is 0 Å². The van der Waals surface area contributed by atoms with Crippen LogP contribution in [0.5, 0.6) is 0 Å². The molecule has 6 nitrogen and oxygen atoms in total. The summed E-state index contributed by atoms with van der Waals surface area (Å²) in [5.41, 5.74) is 2.42. The fourth-order valence-corrected chi connectivity index (χ4v) is 3.26. The van der Waals surface area contributed by atoms with E-state index in [4.69, 9.17) is 0 Å². The Balaban J connectivity index is 1.96. The summed E-state index contributed by atoms with van der Waals surface area (Å²) in [7, 11) is 3.75. The van der Waals surface area contributed by atoms with E-state index in [-0.39, 0.29) is 11.6 Å². The van der Waals surface area contributed by atoms with Crippen molar-refractivity contribution < 1.29 is 0 Å². The molecule has 0 bridgehead atoms. The molecule has 27 heavy (non-hydrogen) atoms. The third-order valence-electron chi connectivity index (χ3n) is 5.35. The lowest BCUT2D eigenvalue weighted by molar-refractivity contribution is 0.271. The molecule has 0 aliphatic heterocycles. The summed E-state index contributed by atoms with van der Waals surface area (Å²) < 4.78 is 1.87. The van der Waals surface area contributed by atoms with Gasteiger partial charge in [-0.25, -0.2) is 0 Å². The third kappa shape index (κ3) is 5.82. The summed E-state index contributed by atoms with van der Waals surface area (Å²) in [6.07, 6.45) is 3.88. The molecular weight excluding hydrogens is 336 g/mol. The average molecular weight is 371 g/mol. The molecule has 0 saturated carbocycles. The first-order valence-corrected chi connectivity index (χ1v) is 9.77. The minimum Gasteiger partial charge on any atom is -0.355 e. The number of nitrogens with one attached hydrogen (secondary N) is 3. The van der Waals surface area contributed by atoms with Crippen LogP contribution in [0.25, 0.3) is 0 Å². The molecule has 3 N–H and O–H groups in total. The van der Waals surface area contributed by atoms with E-state index in [1.54, 1.807) is 13.2 Å². The van der Waals surface area contributed by atoms with Gasteiger partial charge in [-0.1, -0.05) is 44.2 Å². The van der Waals surface area contributed by atoms with Crippen molar-refractivity contribution in [2.45, 2.75) is 51.7 Å². The van der Waals surface area contributed by atoms with Crippen LogP contribution in [0.3, 0.4) is 0 Å². The maximum absolute atomic E-state index is 4.36. The molecule has 0 aliphatic carbocycles. The third-order valence-corrected chi connectivity index (χ3v) is 5.35. The fraction of sp³-hybridized carbons (Fsp3) is 0.524. The van der Waals surface area contributed by atoms with E-state index in [0.717, 1.165) is 31.0 Å². The topological polar surface area (TPSA) is 66.3 Å². The minimum atomic E-state index is -0.000588. The van der Waals surface area contributed by atoms with Gasteiger partial charge in [0.15, 0.2) is 5.96 Å². The molecule has 0 amide bonds. The van der Waals surface area contributed by atoms with Crippen molar-refractivity contribution in [2.24, 2.45) is 12.0 Å². The summed E-state index contributed by atoms with van der Waals surface area (Å²) in [5.74, 6) is 0.802. The molecule has 0 fully saturated rings. The Labute approximate surface area is 163 Å². The van der Waals surface area contributed by atoms with Crippen molar-refractivity contribution in [3.63, 3.8) is 0 Å². The highest BCUT2D eigenvalue weighted by atomic mass is 15.3. The first kappa shape index (κ1) is 21.0. The van der Waals surface area contributed by atoms with Gasteiger partial charge >= 0.3 is 0 Å². The molecule has 1 aromatic heterocycles. The minimum absolute atomic E-state index is 0.000588. The Bertz CT molecular complexity index is 702. The Kier molecular flexibility index (Phi) is 7.85. The highest BCUT2D eigenvalue weighted by Gasteiger charge is 2.28. The zero-order valence-electron chi connectivity index (χ0n) is 17.3. The lowest BCUT2D eigenvalue weighted by Crippen LogP contribution is -2.55. The summed E-state index contributed by atoms with van der Waals surface area (Å²) in [5, 5.41) is 14.9. The predicted octanol–water partition coefficient (Wildman–Crippen LogP) is 2.99. The molecule has 0 spiro atoms. The monoisotopic (exact) mass is 370 g/mol. The van der Waals surface area contributed by atoms with Crippen molar-refractivity contribution in [3.8, 4) is 0 Å². The van der Waals surface area contributed by atoms with E-state index in [2.05, 4.69) is 77.1 Å². The van der Waals surface area contributed by atoms with Gasteiger partial charge in [0.05, 0.1) is 12.2 Å². The second-order valence-corrected chi connectivity index (χ2v) is 6.99. The molecule has 0 saturated heterocycles. The van der Waals surface area contributed by atoms with Crippen molar-refractivity contribution >= 4 is 5.96 Å². The van der Waals surface area contributed by atoms with E-state index >= 15 is 0 Å². The lowest BCUT2D eigenvalue weighted by atomic mass is 9.90. The van der Waals surface area contributed by atoms with E-state index < -0.39 is 0 Å². The van der Waals surface area contributed by atoms with Gasteiger partial charge in [-0.05, 0) is 31.4 Å². The summed E-state index contributed by atoms with van der Waals surface area (Å²) >= 11 is 0. The molecule has 6 heteroatoms. The van der Waals surface area contributed by atoms with Crippen LogP contribution >= 0.6 is 0 Å². The molecule has 148 valence electrons. The second kappa shape index (κ2) is 10.1. The Morgan fingerprint density at radius 1 is 1.15 bits per heavy atom. The number of aliphatic imine (C=N–C) groups is 1. The molecule has 1 heterocycles. The largest absolute Gasteiger partial charge is 0.355 e. The quantitative estimate of drug-likeness (QED) is 0.469. The van der Waals surface area contributed by atoms with Crippen LogP contribution in [0.1, 0.15) is 50.9 Å². The van der Waals surface area contributed by atoms with Gasteiger partial charge in [0.2, 0.25) is 0 Å². The van der Waals surface area contributed by atoms with Crippen LogP contribution in [0, 0.1) is 0 Å². The van der Waals surface area contributed by atoms with E-state index in [0.29, 0.717) is 6.54 Å². The van der Waals surface area contributed by atoms with Crippen molar-refractivity contribution in [2.75, 3.05) is 13.6 Å². The molecular formula is C21H34N6. The zero-order chi connectivity index (χ0) is 19.7. The van der Waals surface area contributed by atoms with Crippen molar-refractivity contribution in [1.82, 2.24) is 25.7 Å². The first-order chi connectivity index (χ1) is 13.0. The number of guanidine groups is 1. The number of rotatable bonds is 9. The molecule has 1 atom stereocenters. The van der Waals surface area contributed by atoms with Crippen molar-refractivity contribution in [3.05, 3.63) is 53.9 Å². The number of hydrogen-bond acceptors (Lipinski definition) is 3. The fourth-order valence-electron chi connectivity index (χ4n) is 3.26. The van der Waals surface area contributed by atoms with Gasteiger partial charge in [0, 0.05) is 38.4 Å². The van der Waals surface area contributed by atoms with Crippen LogP contribution in [0.15, 0.2) is 47.6 Å². The maximum Gasteiger partial charge on any atom is 0.191 e. The normalized spacial score (nSPS) is 13.4. The summed E-state index contributed by atoms with van der Waals surface area (Å²) in [6.45, 7) is 8.20. The van der Waals surface area contributed by atoms with Gasteiger partial charge in [0.1, 0.15) is 0 Å². The van der Waals surface area contributed by atoms with Gasteiger partial charge in [-0.3, -0.25) is 9.67 Å². The average Bonchev–Trinajstić information content (AvgIpc) is 3.12. The van der Waals surface area contributed by atoms with Crippen LogP contribution in [-0.2, 0) is 13.6 Å². The highest BCUT2D eigenvalue weighted by Crippen LogP contribution is 2.21. The Morgan fingerprint density at radius 2 is 1.85 bits per heavy atom. The van der Waals surface area contributed by atoms with Gasteiger partial charge in [-0.2, -0.15) is 5.10 Å². The number of hydrogen-bond donors (Lipinski definition) is 3. The Hall–Kier alpha value is -2.34. The summed E-state index contributed by atoms with van der Waals surface area (Å²) in [4.78, 5) is 4.36. The molecule has 1 aromatic carbocycles. The molecule has 0 aliphatic rings. The van der Waals surface area contributed by atoms with Gasteiger partial charge in [0.25, 0.3) is 0 Å². The smallest absolute Gasteiger partial charge is 0.191 e. The summed E-state index contributed by atoms with van der Waals surface area (Å²) in [6, 6.07) is 12.9. The molecule has 2 rings (SSSR count). The van der Waals surface area contributed by atoms with Crippen LogP contribution < -0.4 is 16.0 Å². The van der Waals surface area contributed by atoms with Crippen LogP contribution in [-0.4, -0.2) is 34.9 Å². The number of benzene rings is 1. The van der Waals surface area contributed by atoms with Crippen molar-refractivity contribution in [1.29, 1.82) is 0 Å². The van der Waals surface area contributed by atoms with Crippen LogP contribution in [0.4, 0.5) is 0 Å². The molecule has 0 radical (unpaired) electrons. The Morgan fingerprint density at radius 3 is 2.41 bits per heavy atom. The van der Waals surface area contributed by atoms with E-state index in [1.165, 1.54) is 5.56 Å². The van der Waals surface area contributed by atoms with E-state index in [9.17, 15) is 0 Å². The highest BCUT2D eigenvalue weighted by molar-refractivity contribution is 5.79. The van der Waals surface area contributed by atoms with Gasteiger partial charge < -0.3 is 16.0 Å². The SMILES string of the molecule is CCC(CC)(CNC(=NC)NCc1ccnn1C)NC(C)c1ccccc1. The number of nitrogens with zero attached hydrogens (tertiary/aromatic N) is 3. The molecule has 1 unspecified atom stereocenters. The maximum atomic E-state index is 4.36. The van der Waals surface area contributed by atoms with Crippen LogP contribution in [0.2, 0.25) is 0 Å². The zero-order valence-corrected chi connectivity index (χ0v) is 17.3. The molecule has 2 aromatic rings. The lowest BCUT2D eigenvalue weighted by Gasteiger charge is -2.37. The predicted molar refractivity (Wildman–Crippen MR) is 113 cm³/mol. The van der Waals surface area contributed by atoms with E-state index in [1.807, 2.05) is 17.8 Å².